The number of nitrogens with one attached hydrogen (secondary N) is 1. The molecule has 0 fully saturated rings. The minimum Gasteiger partial charge on any atom is -0.495 e. The third kappa shape index (κ3) is 1.97. The van der Waals surface area contributed by atoms with Gasteiger partial charge in [0.2, 0.25) is 0 Å². The summed E-state index contributed by atoms with van der Waals surface area (Å²) in [5.41, 5.74) is 7.08. The largest absolute Gasteiger partial charge is 0.495 e. The number of aromatic amines is 1. The molecule has 20 heavy (non-hydrogen) atoms. The number of primary amides is 1. The maximum Gasteiger partial charge on any atom is 0.339 e. The van der Waals surface area contributed by atoms with E-state index in [0.29, 0.717) is 27.8 Å². The summed E-state index contributed by atoms with van der Waals surface area (Å²) < 4.78 is 6.17. The van der Waals surface area contributed by atoms with Gasteiger partial charge in [0, 0.05) is 12.3 Å². The number of imidazole rings is 1. The smallest absolute Gasteiger partial charge is 0.339 e. The van der Waals surface area contributed by atoms with E-state index in [1.165, 1.54) is 13.3 Å². The maximum absolute atomic E-state index is 11.0. The van der Waals surface area contributed by atoms with Crippen molar-refractivity contribution in [3.8, 4) is 17.3 Å². The minimum atomic E-state index is -0.655. The molecule has 0 radical (unpaired) electrons. The van der Waals surface area contributed by atoms with E-state index >= 15 is 0 Å². The van der Waals surface area contributed by atoms with E-state index in [4.69, 9.17) is 22.1 Å². The summed E-state index contributed by atoms with van der Waals surface area (Å²) in [6, 6.07) is 4.43. The molecule has 7 nitrogen and oxygen atoms in total. The number of halogens is 1. The molecule has 3 N–H and O–H groups in total. The summed E-state index contributed by atoms with van der Waals surface area (Å²) in [5.74, 6) is 1.06. The van der Waals surface area contributed by atoms with Gasteiger partial charge in [0.05, 0.1) is 23.2 Å². The Labute approximate surface area is 118 Å². The fourth-order valence-electron chi connectivity index (χ4n) is 1.86. The van der Waals surface area contributed by atoms with Gasteiger partial charge < -0.3 is 15.5 Å². The van der Waals surface area contributed by atoms with Crippen LogP contribution in [0.4, 0.5) is 4.79 Å². The summed E-state index contributed by atoms with van der Waals surface area (Å²) in [7, 11) is 1.54. The molecule has 0 aliphatic heterocycles. The molecule has 0 atom stereocenters. The third-order valence-corrected chi connectivity index (χ3v) is 3.11. The van der Waals surface area contributed by atoms with Crippen LogP contribution in [0.1, 0.15) is 0 Å². The lowest BCUT2D eigenvalue weighted by atomic mass is 10.3. The summed E-state index contributed by atoms with van der Waals surface area (Å²) in [6.07, 6.45) is 1.47. The van der Waals surface area contributed by atoms with E-state index in [0.717, 1.165) is 10.2 Å². The number of carbonyl (C=O) groups is 1. The van der Waals surface area contributed by atoms with Gasteiger partial charge in [-0.15, -0.1) is 0 Å². The van der Waals surface area contributed by atoms with Crippen molar-refractivity contribution < 1.29 is 9.53 Å². The molecule has 102 valence electrons. The Bertz CT molecular complexity index is 807. The first-order chi connectivity index (χ1) is 9.58. The average molecular weight is 292 g/mol. The number of fused-ring (bicyclic) bond motifs is 1. The molecule has 3 aromatic rings. The molecule has 3 rings (SSSR count). The number of nitrogens with two attached hydrogens (primary N) is 1. The number of nitrogens with zero attached hydrogens (tertiary/aromatic N) is 3. The molecule has 8 heteroatoms. The Balaban J connectivity index is 2.10. The number of ether oxygens (including phenoxy) is 1. The molecular formula is C12H10ClN5O2. The van der Waals surface area contributed by atoms with Crippen LogP contribution in [-0.2, 0) is 0 Å². The number of methoxy groups -OCH3 is 1. The number of aromatic nitrogens is 4. The average Bonchev–Trinajstić information content (AvgIpc) is 3.03. The Morgan fingerprint density at radius 2 is 2.30 bits per heavy atom. The highest BCUT2D eigenvalue weighted by Crippen LogP contribution is 2.30. The second-order valence-electron chi connectivity index (χ2n) is 4.07. The summed E-state index contributed by atoms with van der Waals surface area (Å²) in [6.45, 7) is 0. The van der Waals surface area contributed by atoms with Crippen LogP contribution in [0.15, 0.2) is 24.4 Å². The number of rotatable bonds is 2. The molecule has 1 aromatic carbocycles. The molecule has 0 unspecified atom stereocenters. The van der Waals surface area contributed by atoms with Crippen molar-refractivity contribution in [1.29, 1.82) is 0 Å². The molecule has 0 aliphatic carbocycles. The van der Waals surface area contributed by atoms with Gasteiger partial charge in [-0.25, -0.2) is 9.78 Å². The van der Waals surface area contributed by atoms with Crippen LogP contribution in [0.5, 0.6) is 5.75 Å². The van der Waals surface area contributed by atoms with E-state index < -0.39 is 6.03 Å². The highest BCUT2D eigenvalue weighted by Gasteiger charge is 2.12. The standard InChI is InChI=1S/C12H10ClN5O2/c1-20-10-5-9-8(4-6(10)13)15-11(16-9)7-2-3-18(17-7)12(14)19/h2-5H,1H3,(H2,14,19)(H,15,16). The second-order valence-corrected chi connectivity index (χ2v) is 4.48. The second kappa shape index (κ2) is 4.53. The van der Waals surface area contributed by atoms with Crippen molar-refractivity contribution in [3.63, 3.8) is 0 Å². The Kier molecular flexibility index (Phi) is 2.83. The van der Waals surface area contributed by atoms with Gasteiger partial charge in [-0.1, -0.05) is 11.6 Å². The molecule has 2 aromatic heterocycles. The van der Waals surface area contributed by atoms with Crippen molar-refractivity contribution >= 4 is 28.7 Å². The van der Waals surface area contributed by atoms with Crippen LogP contribution >= 0.6 is 11.6 Å². The first kappa shape index (κ1) is 12.5. The van der Waals surface area contributed by atoms with Crippen LogP contribution in [0.3, 0.4) is 0 Å². The van der Waals surface area contributed by atoms with Gasteiger partial charge in [0.25, 0.3) is 0 Å². The van der Waals surface area contributed by atoms with E-state index in [1.54, 1.807) is 18.2 Å². The van der Waals surface area contributed by atoms with Gasteiger partial charge >= 0.3 is 6.03 Å². The Morgan fingerprint density at radius 3 is 2.95 bits per heavy atom. The van der Waals surface area contributed by atoms with Gasteiger partial charge in [-0.2, -0.15) is 9.78 Å². The molecule has 0 saturated heterocycles. The highest BCUT2D eigenvalue weighted by atomic mass is 35.5. The summed E-state index contributed by atoms with van der Waals surface area (Å²) in [4.78, 5) is 18.5. The lowest BCUT2D eigenvalue weighted by Crippen LogP contribution is -2.19. The molecule has 2 heterocycles. The zero-order valence-corrected chi connectivity index (χ0v) is 11.2. The van der Waals surface area contributed by atoms with Crippen LogP contribution in [-0.4, -0.2) is 32.9 Å². The monoisotopic (exact) mass is 291 g/mol. The first-order valence-electron chi connectivity index (χ1n) is 5.67. The fraction of sp³-hybridized carbons (Fsp3) is 0.0833. The number of benzene rings is 1. The number of hydrogen-bond acceptors (Lipinski definition) is 4. The lowest BCUT2D eigenvalue weighted by molar-refractivity contribution is 0.248. The van der Waals surface area contributed by atoms with E-state index in [1.807, 2.05) is 0 Å². The summed E-state index contributed by atoms with van der Waals surface area (Å²) >= 11 is 6.05. The number of H-pyrrole nitrogens is 1. The van der Waals surface area contributed by atoms with Gasteiger partial charge in [-0.05, 0) is 12.1 Å². The van der Waals surface area contributed by atoms with Crippen molar-refractivity contribution in [1.82, 2.24) is 19.7 Å². The predicted octanol–water partition coefficient (Wildman–Crippen LogP) is 2.02. The molecule has 0 aliphatic rings. The zero-order chi connectivity index (χ0) is 14.3. The van der Waals surface area contributed by atoms with E-state index in [9.17, 15) is 4.79 Å². The van der Waals surface area contributed by atoms with Crippen LogP contribution < -0.4 is 10.5 Å². The molecule has 0 saturated carbocycles. The number of hydrogen-bond donors (Lipinski definition) is 2. The quantitative estimate of drug-likeness (QED) is 0.754. The van der Waals surface area contributed by atoms with Gasteiger partial charge in [0.15, 0.2) is 5.82 Å². The third-order valence-electron chi connectivity index (χ3n) is 2.81. The topological polar surface area (TPSA) is 98.8 Å². The lowest BCUT2D eigenvalue weighted by Gasteiger charge is -2.00. The maximum atomic E-state index is 11.0. The van der Waals surface area contributed by atoms with Crippen LogP contribution in [0, 0.1) is 0 Å². The van der Waals surface area contributed by atoms with Gasteiger partial charge in [-0.3, -0.25) is 0 Å². The highest BCUT2D eigenvalue weighted by molar-refractivity contribution is 6.32. The predicted molar refractivity (Wildman–Crippen MR) is 73.9 cm³/mol. The fourth-order valence-corrected chi connectivity index (χ4v) is 2.10. The van der Waals surface area contributed by atoms with Crippen molar-refractivity contribution in [2.45, 2.75) is 0 Å². The Hall–Kier alpha value is -2.54. The first-order valence-corrected chi connectivity index (χ1v) is 6.05. The van der Waals surface area contributed by atoms with E-state index in [2.05, 4.69) is 15.1 Å². The molecule has 0 bridgehead atoms. The van der Waals surface area contributed by atoms with Crippen molar-refractivity contribution in [2.24, 2.45) is 5.73 Å². The number of carbonyl (C=O) groups excluding carboxylic acids is 1. The summed E-state index contributed by atoms with van der Waals surface area (Å²) in [5, 5.41) is 4.51. The minimum absolute atomic E-state index is 0.484. The normalized spacial score (nSPS) is 10.9. The van der Waals surface area contributed by atoms with Crippen LogP contribution in [0.25, 0.3) is 22.6 Å². The SMILES string of the molecule is COc1cc2nc(-c3ccn(C(N)=O)n3)[nH]c2cc1Cl. The molecular weight excluding hydrogens is 282 g/mol. The molecule has 1 amide bonds. The Morgan fingerprint density at radius 1 is 1.50 bits per heavy atom. The van der Waals surface area contributed by atoms with Gasteiger partial charge in [0.1, 0.15) is 11.4 Å². The van der Waals surface area contributed by atoms with E-state index in [-0.39, 0.29) is 0 Å². The number of amides is 1. The van der Waals surface area contributed by atoms with Crippen molar-refractivity contribution in [3.05, 3.63) is 29.4 Å². The van der Waals surface area contributed by atoms with Crippen LogP contribution in [0.2, 0.25) is 5.02 Å². The molecule has 0 spiro atoms. The zero-order valence-electron chi connectivity index (χ0n) is 10.4. The van der Waals surface area contributed by atoms with Crippen molar-refractivity contribution in [2.75, 3.05) is 7.11 Å².